The molecule has 1 aromatic carbocycles. The molecule has 1 atom stereocenters. The average Bonchev–Trinajstić information content (AvgIpc) is 3.36. The molecule has 1 N–H and O–H groups in total. The number of likely N-dealkylation sites (N-methyl/N-ethyl adjacent to an activating group) is 1. The van der Waals surface area contributed by atoms with Crippen molar-refractivity contribution in [1.29, 1.82) is 0 Å². The molecule has 0 spiro atoms. The normalized spacial score (nSPS) is 15.8. The topological polar surface area (TPSA) is 63.1 Å². The highest BCUT2D eigenvalue weighted by atomic mass is 35.5. The summed E-state index contributed by atoms with van der Waals surface area (Å²) < 4.78 is 1.88. The third-order valence-electron chi connectivity index (χ3n) is 5.26. The summed E-state index contributed by atoms with van der Waals surface area (Å²) >= 11 is 0. The van der Waals surface area contributed by atoms with Crippen molar-refractivity contribution in [3.63, 3.8) is 0 Å². The Morgan fingerprint density at radius 2 is 1.97 bits per heavy atom. The first kappa shape index (κ1) is 23.1. The molecule has 0 aliphatic carbocycles. The molecule has 4 rings (SSSR count). The van der Waals surface area contributed by atoms with Crippen molar-refractivity contribution in [1.82, 2.24) is 25.0 Å². The van der Waals surface area contributed by atoms with Crippen molar-refractivity contribution in [2.75, 3.05) is 20.1 Å². The van der Waals surface area contributed by atoms with E-state index in [0.29, 0.717) is 5.56 Å². The number of aromatic nitrogens is 3. The van der Waals surface area contributed by atoms with Crippen LogP contribution in [0, 0.1) is 0 Å². The Morgan fingerprint density at radius 3 is 2.59 bits per heavy atom. The molecule has 3 heterocycles. The van der Waals surface area contributed by atoms with Crippen LogP contribution in [-0.2, 0) is 0 Å². The lowest BCUT2D eigenvalue weighted by Gasteiger charge is -2.24. The molecule has 1 amide bonds. The average molecular weight is 436 g/mol. The second-order valence-electron chi connectivity index (χ2n) is 7.40. The summed E-state index contributed by atoms with van der Waals surface area (Å²) in [5.41, 5.74) is 3.22. The number of hydrogen-bond acceptors (Lipinski definition) is 4. The highest BCUT2D eigenvalue weighted by Crippen LogP contribution is 2.27. The van der Waals surface area contributed by atoms with Crippen molar-refractivity contribution in [3.8, 4) is 11.3 Å². The van der Waals surface area contributed by atoms with E-state index in [0.717, 1.165) is 41.8 Å². The number of halogens is 2. The molecule has 0 saturated carbocycles. The van der Waals surface area contributed by atoms with E-state index in [1.54, 1.807) is 6.20 Å². The van der Waals surface area contributed by atoms with E-state index in [1.807, 2.05) is 53.0 Å². The Labute approximate surface area is 183 Å². The predicted octanol–water partition coefficient (Wildman–Crippen LogP) is 3.96. The van der Waals surface area contributed by atoms with Crippen molar-refractivity contribution in [2.45, 2.75) is 32.4 Å². The summed E-state index contributed by atoms with van der Waals surface area (Å²) in [7, 11) is 1.89. The first-order chi connectivity index (χ1) is 13.1. The molecule has 1 aliphatic heterocycles. The second-order valence-corrected chi connectivity index (χ2v) is 7.40. The Hall–Kier alpha value is -2.15. The van der Waals surface area contributed by atoms with Crippen molar-refractivity contribution < 1.29 is 4.79 Å². The Balaban J connectivity index is 0.00000150. The summed E-state index contributed by atoms with van der Waals surface area (Å²) in [6.45, 7) is 5.93. The van der Waals surface area contributed by atoms with Gasteiger partial charge in [0.1, 0.15) is 0 Å². The lowest BCUT2D eigenvalue weighted by atomic mass is 10.1. The molecule has 1 saturated heterocycles. The number of rotatable bonds is 4. The maximum absolute atomic E-state index is 13.3. The fourth-order valence-corrected chi connectivity index (χ4v) is 3.66. The largest absolute Gasteiger partial charge is 0.337 e. The SMILES string of the molecule is CC(C)n1ncc2c(C(=O)N(C)C3CCNC3)cc(-c3ccccc3)nc21.Cl.Cl. The van der Waals surface area contributed by atoms with Crippen LogP contribution in [0.15, 0.2) is 42.6 Å². The van der Waals surface area contributed by atoms with E-state index in [-0.39, 0.29) is 42.8 Å². The molecule has 1 fully saturated rings. The van der Waals surface area contributed by atoms with E-state index in [4.69, 9.17) is 4.98 Å². The van der Waals surface area contributed by atoms with Crippen LogP contribution < -0.4 is 5.32 Å². The fourth-order valence-electron chi connectivity index (χ4n) is 3.66. The molecule has 1 aliphatic rings. The highest BCUT2D eigenvalue weighted by Gasteiger charge is 2.27. The molecule has 6 nitrogen and oxygen atoms in total. The molecule has 1 unspecified atom stereocenters. The maximum atomic E-state index is 13.3. The lowest BCUT2D eigenvalue weighted by molar-refractivity contribution is 0.0745. The van der Waals surface area contributed by atoms with Gasteiger partial charge in [0.15, 0.2) is 5.65 Å². The molecule has 3 aromatic rings. The standard InChI is InChI=1S/C21H25N5O.2ClH/c1-14(2)26-20-18(13-23-26)17(21(27)25(3)16-9-10-22-12-16)11-19(24-20)15-7-5-4-6-8-15;;/h4-8,11,13-14,16,22H,9-10,12H2,1-3H3;2*1H. The molecule has 156 valence electrons. The summed E-state index contributed by atoms with van der Waals surface area (Å²) in [6.07, 6.45) is 2.75. The van der Waals surface area contributed by atoms with Gasteiger partial charge in [-0.1, -0.05) is 30.3 Å². The minimum Gasteiger partial charge on any atom is -0.337 e. The fraction of sp³-hybridized carbons (Fsp3) is 0.381. The van der Waals surface area contributed by atoms with Crippen LogP contribution in [-0.4, -0.2) is 51.8 Å². The molecule has 29 heavy (non-hydrogen) atoms. The Kier molecular flexibility index (Phi) is 7.63. The van der Waals surface area contributed by atoms with Gasteiger partial charge in [0, 0.05) is 31.2 Å². The number of carbonyl (C=O) groups excluding carboxylic acids is 1. The number of pyridine rings is 1. The van der Waals surface area contributed by atoms with Crippen LogP contribution in [0.25, 0.3) is 22.3 Å². The van der Waals surface area contributed by atoms with E-state index in [9.17, 15) is 4.79 Å². The number of benzene rings is 1. The van der Waals surface area contributed by atoms with Crippen LogP contribution in [0.4, 0.5) is 0 Å². The number of carbonyl (C=O) groups is 1. The van der Waals surface area contributed by atoms with Gasteiger partial charge in [-0.15, -0.1) is 24.8 Å². The summed E-state index contributed by atoms with van der Waals surface area (Å²) in [5.74, 6) is 0.0246. The van der Waals surface area contributed by atoms with Gasteiger partial charge in [0.25, 0.3) is 5.91 Å². The number of amides is 1. The smallest absolute Gasteiger partial charge is 0.254 e. The molecule has 0 bridgehead atoms. The molecule has 0 radical (unpaired) electrons. The van der Waals surface area contributed by atoms with Gasteiger partial charge < -0.3 is 10.2 Å². The van der Waals surface area contributed by atoms with Gasteiger partial charge in [-0.05, 0) is 32.9 Å². The maximum Gasteiger partial charge on any atom is 0.254 e. The lowest BCUT2D eigenvalue weighted by Crippen LogP contribution is -2.38. The van der Waals surface area contributed by atoms with Crippen LogP contribution in [0.3, 0.4) is 0 Å². The zero-order chi connectivity index (χ0) is 19.0. The summed E-state index contributed by atoms with van der Waals surface area (Å²) in [4.78, 5) is 20.0. The minimum absolute atomic E-state index is 0. The number of nitrogens with one attached hydrogen (secondary N) is 1. The van der Waals surface area contributed by atoms with Gasteiger partial charge in [-0.2, -0.15) is 5.10 Å². The number of hydrogen-bond donors (Lipinski definition) is 1. The highest BCUT2D eigenvalue weighted by molar-refractivity contribution is 6.06. The molecular formula is C21H27Cl2N5O. The van der Waals surface area contributed by atoms with E-state index in [1.165, 1.54) is 0 Å². The van der Waals surface area contributed by atoms with E-state index < -0.39 is 0 Å². The van der Waals surface area contributed by atoms with Gasteiger partial charge in [0.05, 0.1) is 22.8 Å². The molecule has 8 heteroatoms. The molecular weight excluding hydrogens is 409 g/mol. The van der Waals surface area contributed by atoms with Crippen LogP contribution >= 0.6 is 24.8 Å². The first-order valence-corrected chi connectivity index (χ1v) is 9.48. The third-order valence-corrected chi connectivity index (χ3v) is 5.26. The minimum atomic E-state index is 0. The van der Waals surface area contributed by atoms with Crippen molar-refractivity contribution in [3.05, 3.63) is 48.2 Å². The number of nitrogens with zero attached hydrogens (tertiary/aromatic N) is 4. The zero-order valence-corrected chi connectivity index (χ0v) is 18.5. The Morgan fingerprint density at radius 1 is 1.24 bits per heavy atom. The van der Waals surface area contributed by atoms with E-state index in [2.05, 4.69) is 24.3 Å². The van der Waals surface area contributed by atoms with Crippen LogP contribution in [0.1, 0.15) is 36.7 Å². The predicted molar refractivity (Wildman–Crippen MR) is 121 cm³/mol. The van der Waals surface area contributed by atoms with Gasteiger partial charge in [-0.25, -0.2) is 9.67 Å². The second kappa shape index (κ2) is 9.57. The Bertz CT molecular complexity index is 968. The van der Waals surface area contributed by atoms with Crippen LogP contribution in [0.5, 0.6) is 0 Å². The summed E-state index contributed by atoms with van der Waals surface area (Å²) in [6, 6.07) is 12.3. The monoisotopic (exact) mass is 435 g/mol. The van der Waals surface area contributed by atoms with Crippen molar-refractivity contribution in [2.24, 2.45) is 0 Å². The quantitative estimate of drug-likeness (QED) is 0.673. The van der Waals surface area contributed by atoms with Crippen molar-refractivity contribution >= 4 is 41.8 Å². The van der Waals surface area contributed by atoms with Gasteiger partial charge in [-0.3, -0.25) is 4.79 Å². The van der Waals surface area contributed by atoms with Crippen LogP contribution in [0.2, 0.25) is 0 Å². The summed E-state index contributed by atoms with van der Waals surface area (Å²) in [5, 5.41) is 8.64. The zero-order valence-electron chi connectivity index (χ0n) is 16.8. The van der Waals surface area contributed by atoms with Gasteiger partial charge in [0.2, 0.25) is 0 Å². The van der Waals surface area contributed by atoms with Gasteiger partial charge >= 0.3 is 0 Å². The first-order valence-electron chi connectivity index (χ1n) is 9.48. The molecule has 2 aromatic heterocycles. The number of fused-ring (bicyclic) bond motifs is 1. The third kappa shape index (κ3) is 4.39. The van der Waals surface area contributed by atoms with E-state index >= 15 is 0 Å².